The molecule has 224 valence electrons. The first-order valence-electron chi connectivity index (χ1n) is 12.4. The summed E-state index contributed by atoms with van der Waals surface area (Å²) >= 11 is -1.66. The summed E-state index contributed by atoms with van der Waals surface area (Å²) in [5.74, 6) is 0.226. The van der Waals surface area contributed by atoms with Gasteiger partial charge < -0.3 is 28.4 Å². The Morgan fingerprint density at radius 2 is 0.811 bits per heavy atom. The average molecular weight is 585 g/mol. The molecule has 0 aliphatic carbocycles. The van der Waals surface area contributed by atoms with E-state index in [9.17, 15) is 12.6 Å². The van der Waals surface area contributed by atoms with Crippen LogP contribution in [0.15, 0.2) is 0 Å². The second kappa shape index (κ2) is 28.7. The second-order valence-electron chi connectivity index (χ2n) is 7.55. The Labute approximate surface area is 222 Å². The molecule has 1 unspecified atom stereocenters. The molecule has 16 heteroatoms. The van der Waals surface area contributed by atoms with Gasteiger partial charge in [-0.1, -0.05) is 5.04 Å². The van der Waals surface area contributed by atoms with Gasteiger partial charge in [-0.3, -0.25) is 4.55 Å². The first-order valence-corrected chi connectivity index (χ1v) is 15.0. The van der Waals surface area contributed by atoms with Crippen LogP contribution in [0.25, 0.3) is 0 Å². The largest absolute Gasteiger partial charge is 0.397 e. The van der Waals surface area contributed by atoms with Crippen LogP contribution in [-0.4, -0.2) is 114 Å². The molecule has 0 saturated heterocycles. The molecule has 0 amide bonds. The van der Waals surface area contributed by atoms with E-state index in [1.807, 2.05) is 0 Å². The summed E-state index contributed by atoms with van der Waals surface area (Å²) in [5, 5.41) is 11.3. The van der Waals surface area contributed by atoms with E-state index in [1.54, 1.807) is 0 Å². The van der Waals surface area contributed by atoms with Gasteiger partial charge in [-0.2, -0.15) is 8.42 Å². The van der Waals surface area contributed by atoms with Gasteiger partial charge in [0.1, 0.15) is 0 Å². The quantitative estimate of drug-likeness (QED) is 0.0521. The molecule has 1 atom stereocenters. The van der Waals surface area contributed by atoms with Crippen molar-refractivity contribution in [3.63, 3.8) is 0 Å². The maximum absolute atomic E-state index is 11.0. The molecule has 0 aromatic heterocycles. The lowest BCUT2D eigenvalue weighted by Gasteiger charge is -2.08. The molecule has 0 radical (unpaired) electrons. The molecule has 37 heavy (non-hydrogen) atoms. The zero-order chi connectivity index (χ0) is 27.3. The van der Waals surface area contributed by atoms with Gasteiger partial charge >= 0.3 is 10.4 Å². The van der Waals surface area contributed by atoms with Gasteiger partial charge in [-0.15, -0.1) is 4.33 Å². The van der Waals surface area contributed by atoms with Crippen LogP contribution in [0.1, 0.15) is 44.9 Å². The number of hydrogen-bond acceptors (Lipinski definition) is 13. The normalized spacial score (nSPS) is 12.8. The second-order valence-corrected chi connectivity index (χ2v) is 9.79. The fourth-order valence-electron chi connectivity index (χ4n) is 2.60. The van der Waals surface area contributed by atoms with Crippen molar-refractivity contribution in [2.45, 2.75) is 44.9 Å². The molecule has 14 nitrogen and oxygen atoms in total. The van der Waals surface area contributed by atoms with Gasteiger partial charge in [0.15, 0.2) is 11.1 Å². The number of hydrogen-bond donors (Lipinski definition) is 2. The van der Waals surface area contributed by atoms with Gasteiger partial charge in [0.25, 0.3) is 0 Å². The Hall–Kier alpha value is -0.340. The maximum atomic E-state index is 11.0. The Morgan fingerprint density at radius 3 is 1.11 bits per heavy atom. The fraction of sp³-hybridized carbons (Fsp3) is 1.00. The number of ether oxygens (including phenoxy) is 6. The maximum Gasteiger partial charge on any atom is 0.397 e. The zero-order valence-electron chi connectivity index (χ0n) is 21.5. The van der Waals surface area contributed by atoms with Gasteiger partial charge in [0, 0.05) is 79.3 Å². The van der Waals surface area contributed by atoms with Crippen LogP contribution in [0.2, 0.25) is 0 Å². The SMILES string of the molecule is O=S(CCCOCCCOCCCOCCCOCCCOCCCOCCCOS(=O)(=O)O)OOO. The molecule has 0 heterocycles. The van der Waals surface area contributed by atoms with E-state index in [4.69, 9.17) is 38.2 Å². The van der Waals surface area contributed by atoms with Crippen LogP contribution in [0.4, 0.5) is 0 Å². The highest BCUT2D eigenvalue weighted by atomic mass is 32.3. The first kappa shape index (κ1) is 36.7. The van der Waals surface area contributed by atoms with Crippen molar-refractivity contribution in [1.29, 1.82) is 0 Å². The monoisotopic (exact) mass is 584 g/mol. The van der Waals surface area contributed by atoms with Gasteiger partial charge in [-0.05, 0) is 44.9 Å². The van der Waals surface area contributed by atoms with E-state index in [0.29, 0.717) is 92.1 Å². The lowest BCUT2D eigenvalue weighted by Crippen LogP contribution is -2.09. The molecule has 0 rings (SSSR count). The van der Waals surface area contributed by atoms with Gasteiger partial charge in [0.05, 0.1) is 12.4 Å². The minimum absolute atomic E-state index is 0.106. The molecule has 0 aliphatic rings. The van der Waals surface area contributed by atoms with Gasteiger partial charge in [0.2, 0.25) is 0 Å². The summed E-state index contributed by atoms with van der Waals surface area (Å²) in [5.41, 5.74) is 0. The Kier molecular flexibility index (Phi) is 28.4. The molecule has 0 bridgehead atoms. The van der Waals surface area contributed by atoms with Crippen molar-refractivity contribution in [1.82, 2.24) is 0 Å². The minimum Gasteiger partial charge on any atom is -0.381 e. The van der Waals surface area contributed by atoms with E-state index in [2.05, 4.69) is 13.6 Å². The van der Waals surface area contributed by atoms with Crippen LogP contribution in [0.3, 0.4) is 0 Å². The summed E-state index contributed by atoms with van der Waals surface area (Å²) in [4.78, 5) is 0. The van der Waals surface area contributed by atoms with Crippen molar-refractivity contribution in [3.05, 3.63) is 0 Å². The molecule has 0 fully saturated rings. The molecular weight excluding hydrogens is 540 g/mol. The predicted octanol–water partition coefficient (Wildman–Crippen LogP) is 1.72. The Bertz CT molecular complexity index is 594. The predicted molar refractivity (Wildman–Crippen MR) is 133 cm³/mol. The molecule has 0 spiro atoms. The lowest BCUT2D eigenvalue weighted by atomic mass is 10.4. The third kappa shape index (κ3) is 33.6. The number of rotatable bonds is 31. The zero-order valence-corrected chi connectivity index (χ0v) is 23.1. The summed E-state index contributed by atoms with van der Waals surface area (Å²) in [6, 6.07) is 0. The topological polar surface area (TPSA) is 175 Å². The summed E-state index contributed by atoms with van der Waals surface area (Å²) in [6.07, 6.45) is 4.90. The minimum atomic E-state index is -4.37. The van der Waals surface area contributed by atoms with Crippen molar-refractivity contribution < 1.29 is 64.4 Å². The third-order valence-corrected chi connectivity index (χ3v) is 5.56. The highest BCUT2D eigenvalue weighted by molar-refractivity contribution is 7.80. The average Bonchev–Trinajstić information content (AvgIpc) is 2.85. The van der Waals surface area contributed by atoms with Crippen LogP contribution in [0, 0.1) is 0 Å². The molecule has 0 aromatic rings. The molecule has 2 N–H and O–H groups in total. The molecule has 0 saturated carbocycles. The van der Waals surface area contributed by atoms with E-state index < -0.39 is 21.5 Å². The highest BCUT2D eigenvalue weighted by Crippen LogP contribution is 1.96. The Morgan fingerprint density at radius 1 is 0.514 bits per heavy atom. The summed E-state index contributed by atoms with van der Waals surface area (Å²) in [6.45, 7) is 6.77. The highest BCUT2D eigenvalue weighted by Gasteiger charge is 2.03. The molecule has 0 aromatic carbocycles. The van der Waals surface area contributed by atoms with Crippen molar-refractivity contribution in [2.75, 3.05) is 91.6 Å². The standard InChI is InChI=1S/C21H44O14S2/c22-34-35-36(23)21-7-19-32-17-5-15-30-13-3-11-28-9-1-8-27-10-2-12-29-14-4-16-31-18-6-20-33-37(24,25)26/h22H,1-21H2,(H,24,25,26). The van der Waals surface area contributed by atoms with Crippen LogP contribution in [0.5, 0.6) is 0 Å². The fourth-order valence-corrected chi connectivity index (χ4v) is 3.42. The van der Waals surface area contributed by atoms with E-state index in [-0.39, 0.29) is 12.4 Å². The van der Waals surface area contributed by atoms with Crippen molar-refractivity contribution in [2.24, 2.45) is 0 Å². The lowest BCUT2D eigenvalue weighted by molar-refractivity contribution is -0.435. The summed E-state index contributed by atoms with van der Waals surface area (Å²) < 4.78 is 81.0. The van der Waals surface area contributed by atoms with Crippen molar-refractivity contribution >= 4 is 21.5 Å². The summed E-state index contributed by atoms with van der Waals surface area (Å²) in [7, 11) is -4.37. The van der Waals surface area contributed by atoms with E-state index >= 15 is 0 Å². The smallest absolute Gasteiger partial charge is 0.381 e. The van der Waals surface area contributed by atoms with E-state index in [1.165, 1.54) is 0 Å². The molecule has 0 aliphatic heterocycles. The van der Waals surface area contributed by atoms with Gasteiger partial charge in [-0.25, -0.2) is 13.6 Å². The van der Waals surface area contributed by atoms with Crippen LogP contribution < -0.4 is 0 Å². The first-order chi connectivity index (χ1) is 18.0. The third-order valence-electron chi connectivity index (χ3n) is 4.26. The van der Waals surface area contributed by atoms with Crippen molar-refractivity contribution in [3.8, 4) is 0 Å². The molecular formula is C21H44O14S2. The Balaban J connectivity index is 3.08. The van der Waals surface area contributed by atoms with E-state index in [0.717, 1.165) is 32.1 Å². The van der Waals surface area contributed by atoms with Crippen LogP contribution >= 0.6 is 0 Å². The van der Waals surface area contributed by atoms with Crippen LogP contribution in [-0.2, 0) is 63.5 Å².